The van der Waals surface area contributed by atoms with Crippen molar-refractivity contribution in [3.8, 4) is 0 Å². The predicted octanol–water partition coefficient (Wildman–Crippen LogP) is 2.33. The number of fused-ring (bicyclic) bond motifs is 1. The molecule has 0 aliphatic carbocycles. The normalized spacial score (nSPS) is 11.3. The van der Waals surface area contributed by atoms with Crippen molar-refractivity contribution >= 4 is 23.9 Å². The molecule has 3 rings (SSSR count). The highest BCUT2D eigenvalue weighted by molar-refractivity contribution is 7.71. The van der Waals surface area contributed by atoms with Crippen LogP contribution in [0.25, 0.3) is 5.78 Å². The maximum Gasteiger partial charge on any atom is 0.254 e. The second-order valence-electron chi connectivity index (χ2n) is 6.39. The molecular weight excluding hydrogens is 348 g/mol. The van der Waals surface area contributed by atoms with Crippen LogP contribution in [-0.4, -0.2) is 44.1 Å². The van der Waals surface area contributed by atoms with E-state index in [1.54, 1.807) is 11.7 Å². The maximum absolute atomic E-state index is 11.6. The number of hydrogen-bond acceptors (Lipinski definition) is 5. The van der Waals surface area contributed by atoms with Gasteiger partial charge in [-0.2, -0.15) is 0 Å². The zero-order valence-corrected chi connectivity index (χ0v) is 16.2. The summed E-state index contributed by atoms with van der Waals surface area (Å²) in [5.74, 6) is 0.537. The summed E-state index contributed by atoms with van der Waals surface area (Å²) in [4.78, 5) is 18.2. The molecule has 3 aromatic rings. The summed E-state index contributed by atoms with van der Waals surface area (Å²) in [6, 6.07) is 9.56. The van der Waals surface area contributed by atoms with Gasteiger partial charge in [-0.1, -0.05) is 12.1 Å². The zero-order chi connectivity index (χ0) is 18.8. The Bertz CT molecular complexity index is 1000. The van der Waals surface area contributed by atoms with Crippen molar-refractivity contribution < 1.29 is 4.79 Å². The predicted molar refractivity (Wildman–Crippen MR) is 103 cm³/mol. The van der Waals surface area contributed by atoms with E-state index >= 15 is 0 Å². The van der Waals surface area contributed by atoms with E-state index in [-0.39, 0.29) is 5.91 Å². The van der Waals surface area contributed by atoms with E-state index < -0.39 is 0 Å². The Labute approximate surface area is 157 Å². The summed E-state index contributed by atoms with van der Waals surface area (Å²) >= 11 is 5.55. The number of rotatable bonds is 5. The summed E-state index contributed by atoms with van der Waals surface area (Å²) in [6.07, 6.45) is 0. The number of nitrogens with one attached hydrogen (secondary N) is 1. The molecule has 0 fully saturated rings. The first-order valence-corrected chi connectivity index (χ1v) is 8.73. The minimum atomic E-state index is -0.0842. The van der Waals surface area contributed by atoms with E-state index in [1.807, 2.05) is 55.6 Å². The van der Waals surface area contributed by atoms with Crippen molar-refractivity contribution in [2.75, 3.05) is 14.1 Å². The van der Waals surface area contributed by atoms with Crippen molar-refractivity contribution in [1.29, 1.82) is 0 Å². The third-order valence-corrected chi connectivity index (χ3v) is 4.53. The van der Waals surface area contributed by atoms with Crippen LogP contribution in [-0.2, 0) is 13.2 Å². The van der Waals surface area contributed by atoms with Gasteiger partial charge < -0.3 is 5.32 Å². The Morgan fingerprint density at radius 2 is 1.96 bits per heavy atom. The first kappa shape index (κ1) is 18.2. The third kappa shape index (κ3) is 3.66. The molecule has 2 heterocycles. The molecule has 0 aliphatic heterocycles. The fourth-order valence-electron chi connectivity index (χ4n) is 2.92. The summed E-state index contributed by atoms with van der Waals surface area (Å²) < 4.78 is 4.30. The van der Waals surface area contributed by atoms with E-state index in [2.05, 4.69) is 20.3 Å². The van der Waals surface area contributed by atoms with Gasteiger partial charge in [0.25, 0.3) is 11.7 Å². The minimum absolute atomic E-state index is 0.0842. The van der Waals surface area contributed by atoms with Gasteiger partial charge in [-0.15, -0.1) is 5.10 Å². The van der Waals surface area contributed by atoms with Gasteiger partial charge >= 0.3 is 0 Å². The SMILES string of the molecule is CNC(=O)c1ccc(CN(C)Cn2nc3nc(C)cc(C)n3c2=S)cc1. The van der Waals surface area contributed by atoms with Crippen LogP contribution < -0.4 is 5.32 Å². The summed E-state index contributed by atoms with van der Waals surface area (Å²) in [7, 11) is 3.63. The average molecular weight is 370 g/mol. The van der Waals surface area contributed by atoms with Crippen LogP contribution in [0.3, 0.4) is 0 Å². The van der Waals surface area contributed by atoms with Crippen molar-refractivity contribution in [2.45, 2.75) is 27.1 Å². The summed E-state index contributed by atoms with van der Waals surface area (Å²) in [6.45, 7) is 5.22. The summed E-state index contributed by atoms with van der Waals surface area (Å²) in [5, 5.41) is 7.15. The first-order chi connectivity index (χ1) is 12.4. The Morgan fingerprint density at radius 3 is 2.62 bits per heavy atom. The maximum atomic E-state index is 11.6. The lowest BCUT2D eigenvalue weighted by Crippen LogP contribution is -2.22. The van der Waals surface area contributed by atoms with Crippen LogP contribution in [0.5, 0.6) is 0 Å². The molecule has 0 radical (unpaired) electrons. The van der Waals surface area contributed by atoms with Crippen molar-refractivity contribution in [1.82, 2.24) is 29.4 Å². The molecule has 0 atom stereocenters. The fraction of sp³-hybridized carbons (Fsp3) is 0.333. The first-order valence-electron chi connectivity index (χ1n) is 8.32. The van der Waals surface area contributed by atoms with Gasteiger partial charge in [0.15, 0.2) is 0 Å². The largest absolute Gasteiger partial charge is 0.355 e. The average Bonchev–Trinajstić information content (AvgIpc) is 2.90. The highest BCUT2D eigenvalue weighted by Gasteiger charge is 2.10. The van der Waals surface area contributed by atoms with Crippen molar-refractivity contribution in [2.24, 2.45) is 0 Å². The number of amides is 1. The molecule has 0 aliphatic rings. The third-order valence-electron chi connectivity index (χ3n) is 4.14. The van der Waals surface area contributed by atoms with Gasteiger partial charge in [-0.3, -0.25) is 14.1 Å². The molecule has 0 saturated heterocycles. The van der Waals surface area contributed by atoms with E-state index in [0.717, 1.165) is 23.5 Å². The fourth-order valence-corrected chi connectivity index (χ4v) is 3.25. The Balaban J connectivity index is 1.76. The van der Waals surface area contributed by atoms with E-state index in [0.29, 0.717) is 22.8 Å². The number of nitrogens with zero attached hydrogens (tertiary/aromatic N) is 5. The topological polar surface area (TPSA) is 67.5 Å². The number of aryl methyl sites for hydroxylation is 2. The monoisotopic (exact) mass is 370 g/mol. The van der Waals surface area contributed by atoms with E-state index in [4.69, 9.17) is 12.2 Å². The number of benzene rings is 1. The second-order valence-corrected chi connectivity index (χ2v) is 6.75. The molecular formula is C18H22N6OS. The van der Waals surface area contributed by atoms with Crippen molar-refractivity contribution in [3.05, 3.63) is 57.6 Å². The lowest BCUT2D eigenvalue weighted by atomic mass is 10.1. The van der Waals surface area contributed by atoms with Crippen LogP contribution >= 0.6 is 12.2 Å². The Morgan fingerprint density at radius 1 is 1.27 bits per heavy atom. The highest BCUT2D eigenvalue weighted by Crippen LogP contribution is 2.10. The molecule has 8 heteroatoms. The van der Waals surface area contributed by atoms with Crippen LogP contribution in [0.1, 0.15) is 27.3 Å². The molecule has 26 heavy (non-hydrogen) atoms. The molecule has 0 spiro atoms. The van der Waals surface area contributed by atoms with Gasteiger partial charge in [0.2, 0.25) is 4.77 Å². The number of hydrogen-bond donors (Lipinski definition) is 1. The molecule has 0 bridgehead atoms. The zero-order valence-electron chi connectivity index (χ0n) is 15.4. The lowest BCUT2D eigenvalue weighted by molar-refractivity contribution is 0.0963. The van der Waals surface area contributed by atoms with Gasteiger partial charge in [0.1, 0.15) is 0 Å². The molecule has 0 saturated carbocycles. The van der Waals surface area contributed by atoms with E-state index in [1.165, 1.54) is 0 Å². The number of carbonyl (C=O) groups excluding carboxylic acids is 1. The molecule has 7 nitrogen and oxygen atoms in total. The van der Waals surface area contributed by atoms with Crippen LogP contribution in [0.2, 0.25) is 0 Å². The lowest BCUT2D eigenvalue weighted by Gasteiger charge is -2.16. The number of carbonyl (C=O) groups is 1. The Hall–Kier alpha value is -2.58. The molecule has 2 aromatic heterocycles. The molecule has 1 N–H and O–H groups in total. The number of aromatic nitrogens is 4. The van der Waals surface area contributed by atoms with Crippen LogP contribution in [0.4, 0.5) is 0 Å². The van der Waals surface area contributed by atoms with Crippen LogP contribution in [0, 0.1) is 18.6 Å². The quantitative estimate of drug-likeness (QED) is 0.698. The molecule has 1 amide bonds. The van der Waals surface area contributed by atoms with E-state index in [9.17, 15) is 4.79 Å². The smallest absolute Gasteiger partial charge is 0.254 e. The van der Waals surface area contributed by atoms with Gasteiger partial charge in [0.05, 0.1) is 6.67 Å². The Kier molecular flexibility index (Phi) is 5.15. The van der Waals surface area contributed by atoms with Gasteiger partial charge in [-0.25, -0.2) is 9.67 Å². The minimum Gasteiger partial charge on any atom is -0.355 e. The standard InChI is InChI=1S/C18H22N6OS/c1-12-9-13(2)24-17(20-12)21-23(18(24)26)11-22(4)10-14-5-7-15(8-6-14)16(25)19-3/h5-9H,10-11H2,1-4H3,(H,19,25). The van der Waals surface area contributed by atoms with Crippen molar-refractivity contribution in [3.63, 3.8) is 0 Å². The second kappa shape index (κ2) is 7.35. The van der Waals surface area contributed by atoms with Gasteiger partial charge in [0, 0.05) is 30.5 Å². The molecule has 0 unspecified atom stereocenters. The molecule has 136 valence electrons. The van der Waals surface area contributed by atoms with Gasteiger partial charge in [-0.05, 0) is 56.9 Å². The van der Waals surface area contributed by atoms with Crippen LogP contribution in [0.15, 0.2) is 30.3 Å². The molecule has 1 aromatic carbocycles. The highest BCUT2D eigenvalue weighted by atomic mass is 32.1. The summed E-state index contributed by atoms with van der Waals surface area (Å²) in [5.41, 5.74) is 3.71.